The first-order chi connectivity index (χ1) is 6.56. The molecule has 5 heteroatoms. The number of hydrogen-bond acceptors (Lipinski definition) is 3. The highest BCUT2D eigenvalue weighted by Gasteiger charge is 2.02. The van der Waals surface area contributed by atoms with Crippen LogP contribution < -0.4 is 10.7 Å². The van der Waals surface area contributed by atoms with E-state index < -0.39 is 0 Å². The van der Waals surface area contributed by atoms with E-state index in [1.807, 2.05) is 6.92 Å². The van der Waals surface area contributed by atoms with Crippen LogP contribution in [0.25, 0.3) is 0 Å². The van der Waals surface area contributed by atoms with Crippen LogP contribution in [-0.4, -0.2) is 24.1 Å². The Hall–Kier alpha value is -1.39. The van der Waals surface area contributed by atoms with Crippen molar-refractivity contribution >= 4 is 17.5 Å². The Labute approximate surface area is 83.9 Å². The highest BCUT2D eigenvalue weighted by atomic mass is 16.2. The van der Waals surface area contributed by atoms with Gasteiger partial charge < -0.3 is 5.32 Å². The minimum absolute atomic E-state index is 0.0709. The molecule has 0 aliphatic rings. The van der Waals surface area contributed by atoms with Gasteiger partial charge in [-0.25, -0.2) is 5.43 Å². The molecule has 0 bridgehead atoms. The SMILES string of the molecule is CCCNC(=O)C/C(C)=N/NC(C)=O. The number of hydrogen-bond donors (Lipinski definition) is 2. The molecule has 0 heterocycles. The van der Waals surface area contributed by atoms with Gasteiger partial charge in [0.1, 0.15) is 0 Å². The highest BCUT2D eigenvalue weighted by Crippen LogP contribution is 1.85. The zero-order valence-electron chi connectivity index (χ0n) is 8.89. The molecule has 0 spiro atoms. The number of nitrogens with one attached hydrogen (secondary N) is 2. The van der Waals surface area contributed by atoms with Gasteiger partial charge in [-0.2, -0.15) is 5.10 Å². The van der Waals surface area contributed by atoms with Crippen molar-refractivity contribution in [3.05, 3.63) is 0 Å². The molecular formula is C9H17N3O2. The average molecular weight is 199 g/mol. The molecule has 0 radical (unpaired) electrons. The van der Waals surface area contributed by atoms with E-state index in [0.29, 0.717) is 12.3 Å². The molecular weight excluding hydrogens is 182 g/mol. The Morgan fingerprint density at radius 1 is 1.29 bits per heavy atom. The summed E-state index contributed by atoms with van der Waals surface area (Å²) in [5.74, 6) is -0.309. The topological polar surface area (TPSA) is 70.6 Å². The third kappa shape index (κ3) is 7.27. The zero-order valence-corrected chi connectivity index (χ0v) is 8.89. The second-order valence-electron chi connectivity index (χ2n) is 3.04. The zero-order chi connectivity index (χ0) is 11.0. The second-order valence-corrected chi connectivity index (χ2v) is 3.04. The summed E-state index contributed by atoms with van der Waals surface area (Å²) in [5.41, 5.74) is 2.87. The molecule has 2 amide bonds. The van der Waals surface area contributed by atoms with Crippen molar-refractivity contribution in [1.82, 2.24) is 10.7 Å². The van der Waals surface area contributed by atoms with Crippen LogP contribution in [0, 0.1) is 0 Å². The van der Waals surface area contributed by atoms with E-state index in [1.54, 1.807) is 6.92 Å². The van der Waals surface area contributed by atoms with Crippen molar-refractivity contribution in [1.29, 1.82) is 0 Å². The molecule has 0 aromatic carbocycles. The standard InChI is InChI=1S/C9H17N3O2/c1-4-5-10-9(14)6-7(2)11-12-8(3)13/h4-6H2,1-3H3,(H,10,14)(H,12,13)/b11-7+. The first-order valence-corrected chi connectivity index (χ1v) is 4.62. The summed E-state index contributed by atoms with van der Waals surface area (Å²) in [5, 5.41) is 6.45. The third-order valence-corrected chi connectivity index (χ3v) is 1.39. The molecule has 0 fully saturated rings. The largest absolute Gasteiger partial charge is 0.356 e. The Bertz CT molecular complexity index is 236. The lowest BCUT2D eigenvalue weighted by Crippen LogP contribution is -2.26. The minimum Gasteiger partial charge on any atom is -0.356 e. The van der Waals surface area contributed by atoms with Crippen LogP contribution in [0.3, 0.4) is 0 Å². The van der Waals surface area contributed by atoms with Crippen LogP contribution in [0.15, 0.2) is 5.10 Å². The van der Waals surface area contributed by atoms with Crippen molar-refractivity contribution in [2.45, 2.75) is 33.6 Å². The minimum atomic E-state index is -0.238. The Balaban J connectivity index is 3.80. The number of hydrazone groups is 1. The molecule has 0 unspecified atom stereocenters. The Morgan fingerprint density at radius 2 is 1.93 bits per heavy atom. The van der Waals surface area contributed by atoms with Crippen LogP contribution in [0.2, 0.25) is 0 Å². The van der Waals surface area contributed by atoms with E-state index >= 15 is 0 Å². The average Bonchev–Trinajstić information content (AvgIpc) is 2.11. The van der Waals surface area contributed by atoms with Crippen molar-refractivity contribution < 1.29 is 9.59 Å². The molecule has 0 saturated carbocycles. The van der Waals surface area contributed by atoms with Gasteiger partial charge in [0.2, 0.25) is 11.8 Å². The summed E-state index contributed by atoms with van der Waals surface area (Å²) >= 11 is 0. The molecule has 0 aliphatic carbocycles. The fourth-order valence-electron chi connectivity index (χ4n) is 0.773. The summed E-state index contributed by atoms with van der Waals surface area (Å²) in [6, 6.07) is 0. The molecule has 14 heavy (non-hydrogen) atoms. The van der Waals surface area contributed by atoms with Gasteiger partial charge in [0.05, 0.1) is 6.42 Å². The van der Waals surface area contributed by atoms with Crippen molar-refractivity contribution in [2.24, 2.45) is 5.10 Å². The van der Waals surface area contributed by atoms with Crippen LogP contribution in [0.4, 0.5) is 0 Å². The van der Waals surface area contributed by atoms with Crippen LogP contribution in [0.5, 0.6) is 0 Å². The number of amides is 2. The van der Waals surface area contributed by atoms with E-state index in [9.17, 15) is 9.59 Å². The molecule has 5 nitrogen and oxygen atoms in total. The Kier molecular flexibility index (Phi) is 6.36. The van der Waals surface area contributed by atoms with Gasteiger partial charge in [0, 0.05) is 19.2 Å². The van der Waals surface area contributed by atoms with Crippen LogP contribution in [0.1, 0.15) is 33.6 Å². The van der Waals surface area contributed by atoms with Gasteiger partial charge in [-0.05, 0) is 13.3 Å². The van der Waals surface area contributed by atoms with Crippen molar-refractivity contribution in [3.63, 3.8) is 0 Å². The quantitative estimate of drug-likeness (QED) is 0.497. The predicted molar refractivity (Wildman–Crippen MR) is 54.8 cm³/mol. The van der Waals surface area contributed by atoms with E-state index in [-0.39, 0.29) is 18.2 Å². The monoisotopic (exact) mass is 199 g/mol. The van der Waals surface area contributed by atoms with Crippen LogP contribution in [-0.2, 0) is 9.59 Å². The van der Waals surface area contributed by atoms with Gasteiger partial charge in [-0.15, -0.1) is 0 Å². The first kappa shape index (κ1) is 12.6. The fraction of sp³-hybridized carbons (Fsp3) is 0.667. The van der Waals surface area contributed by atoms with E-state index in [2.05, 4.69) is 15.8 Å². The molecule has 80 valence electrons. The predicted octanol–water partition coefficient (Wildman–Crippen LogP) is 0.415. The third-order valence-electron chi connectivity index (χ3n) is 1.39. The fourth-order valence-corrected chi connectivity index (χ4v) is 0.773. The van der Waals surface area contributed by atoms with Crippen molar-refractivity contribution in [2.75, 3.05) is 6.54 Å². The molecule has 0 aromatic heterocycles. The maximum Gasteiger partial charge on any atom is 0.236 e. The van der Waals surface area contributed by atoms with Gasteiger partial charge in [0.25, 0.3) is 0 Å². The summed E-state index contributed by atoms with van der Waals surface area (Å²) in [7, 11) is 0. The lowest BCUT2D eigenvalue weighted by atomic mass is 10.3. The summed E-state index contributed by atoms with van der Waals surface area (Å²) in [4.78, 5) is 21.6. The number of nitrogens with zero attached hydrogens (tertiary/aromatic N) is 1. The molecule has 2 N–H and O–H groups in total. The van der Waals surface area contributed by atoms with E-state index in [0.717, 1.165) is 6.42 Å². The van der Waals surface area contributed by atoms with Gasteiger partial charge in [0.15, 0.2) is 0 Å². The summed E-state index contributed by atoms with van der Waals surface area (Å²) < 4.78 is 0. The van der Waals surface area contributed by atoms with Crippen LogP contribution >= 0.6 is 0 Å². The molecule has 0 aromatic rings. The summed E-state index contributed by atoms with van der Waals surface area (Å²) in [6.45, 7) is 5.72. The maximum absolute atomic E-state index is 11.2. The molecule has 0 saturated heterocycles. The number of carbonyl (C=O) groups excluding carboxylic acids is 2. The lowest BCUT2D eigenvalue weighted by Gasteiger charge is -2.02. The lowest BCUT2D eigenvalue weighted by molar-refractivity contribution is -0.120. The van der Waals surface area contributed by atoms with Gasteiger partial charge in [-0.1, -0.05) is 6.92 Å². The molecule has 0 rings (SSSR count). The molecule has 0 atom stereocenters. The Morgan fingerprint density at radius 3 is 2.43 bits per heavy atom. The number of rotatable bonds is 5. The van der Waals surface area contributed by atoms with Gasteiger partial charge in [-0.3, -0.25) is 9.59 Å². The number of carbonyl (C=O) groups is 2. The maximum atomic E-state index is 11.2. The van der Waals surface area contributed by atoms with E-state index in [4.69, 9.17) is 0 Å². The second kappa shape index (κ2) is 7.06. The summed E-state index contributed by atoms with van der Waals surface area (Å²) in [6.07, 6.45) is 1.13. The smallest absolute Gasteiger partial charge is 0.236 e. The molecule has 0 aliphatic heterocycles. The van der Waals surface area contributed by atoms with Crippen molar-refractivity contribution in [3.8, 4) is 0 Å². The first-order valence-electron chi connectivity index (χ1n) is 4.62. The normalized spacial score (nSPS) is 10.9. The van der Waals surface area contributed by atoms with E-state index in [1.165, 1.54) is 6.92 Å². The highest BCUT2D eigenvalue weighted by molar-refractivity contribution is 6.00. The van der Waals surface area contributed by atoms with Gasteiger partial charge >= 0.3 is 0 Å².